The van der Waals surface area contributed by atoms with Crippen molar-refractivity contribution < 1.29 is 9.15 Å². The number of ether oxygens (including phenoxy) is 1. The van der Waals surface area contributed by atoms with Crippen LogP contribution in [-0.4, -0.2) is 17.2 Å². The molecule has 0 spiro atoms. The number of nitrogens with one attached hydrogen (secondary N) is 1. The molecule has 1 fully saturated rings. The van der Waals surface area contributed by atoms with Gasteiger partial charge in [0.2, 0.25) is 0 Å². The summed E-state index contributed by atoms with van der Waals surface area (Å²) >= 11 is 18.4. The number of benzene rings is 2. The molecule has 4 aromatic rings. The summed E-state index contributed by atoms with van der Waals surface area (Å²) in [7, 11) is 1.64. The van der Waals surface area contributed by atoms with Crippen molar-refractivity contribution >= 4 is 46.2 Å². The van der Waals surface area contributed by atoms with Crippen LogP contribution in [0.5, 0.6) is 5.75 Å². The number of aromatic nitrogens is 1. The molecule has 1 aliphatic heterocycles. The van der Waals surface area contributed by atoms with Crippen molar-refractivity contribution in [3.8, 4) is 17.1 Å². The van der Waals surface area contributed by atoms with Crippen molar-refractivity contribution in [3.05, 3.63) is 100 Å². The third-order valence-electron chi connectivity index (χ3n) is 5.56. The molecule has 0 aliphatic carbocycles. The van der Waals surface area contributed by atoms with E-state index >= 15 is 0 Å². The first-order chi connectivity index (χ1) is 16.1. The highest BCUT2D eigenvalue weighted by Gasteiger charge is 2.42. The van der Waals surface area contributed by atoms with Gasteiger partial charge in [0, 0.05) is 23.5 Å². The van der Waals surface area contributed by atoms with Gasteiger partial charge in [-0.2, -0.15) is 0 Å². The van der Waals surface area contributed by atoms with Crippen molar-refractivity contribution in [1.29, 1.82) is 0 Å². The average molecular weight is 496 g/mol. The summed E-state index contributed by atoms with van der Waals surface area (Å²) in [5.74, 6) is 2.08. The highest BCUT2D eigenvalue weighted by molar-refractivity contribution is 7.80. The zero-order chi connectivity index (χ0) is 22.9. The lowest BCUT2D eigenvalue weighted by atomic mass is 10.0. The molecule has 8 heteroatoms. The van der Waals surface area contributed by atoms with Crippen LogP contribution in [0.25, 0.3) is 11.3 Å². The van der Waals surface area contributed by atoms with E-state index in [9.17, 15) is 0 Å². The Bertz CT molecular complexity index is 1310. The van der Waals surface area contributed by atoms with Crippen molar-refractivity contribution in [2.45, 2.75) is 12.1 Å². The normalized spacial score (nSPS) is 17.8. The van der Waals surface area contributed by atoms with Crippen LogP contribution in [0.15, 0.2) is 83.4 Å². The number of pyridine rings is 1. The van der Waals surface area contributed by atoms with Crippen LogP contribution in [0.4, 0.5) is 5.69 Å². The maximum Gasteiger partial charge on any atom is 0.174 e. The number of hydrogen-bond donors (Lipinski definition) is 1. The number of halogens is 2. The lowest BCUT2D eigenvalue weighted by Gasteiger charge is -2.26. The van der Waals surface area contributed by atoms with Gasteiger partial charge in [-0.25, -0.2) is 0 Å². The lowest BCUT2D eigenvalue weighted by molar-refractivity contribution is 0.414. The fourth-order valence-electron chi connectivity index (χ4n) is 4.03. The van der Waals surface area contributed by atoms with Gasteiger partial charge < -0.3 is 19.4 Å². The number of hydrogen-bond acceptors (Lipinski definition) is 4. The Labute approximate surface area is 206 Å². The Kier molecular flexibility index (Phi) is 5.98. The minimum absolute atomic E-state index is 0.223. The average Bonchev–Trinajstić information content (AvgIpc) is 3.46. The number of anilines is 1. The van der Waals surface area contributed by atoms with Gasteiger partial charge in [0.15, 0.2) is 5.11 Å². The van der Waals surface area contributed by atoms with E-state index in [0.717, 1.165) is 22.7 Å². The quantitative estimate of drug-likeness (QED) is 0.306. The molecular formula is C25H19Cl2N3O2S. The lowest BCUT2D eigenvalue weighted by Crippen LogP contribution is -2.29. The summed E-state index contributed by atoms with van der Waals surface area (Å²) in [5, 5.41) is 4.92. The van der Waals surface area contributed by atoms with Crippen LogP contribution < -0.4 is 15.0 Å². The van der Waals surface area contributed by atoms with E-state index in [1.54, 1.807) is 19.4 Å². The van der Waals surface area contributed by atoms with E-state index in [1.807, 2.05) is 71.6 Å². The van der Waals surface area contributed by atoms with Crippen molar-refractivity contribution in [1.82, 2.24) is 10.3 Å². The van der Waals surface area contributed by atoms with E-state index in [-0.39, 0.29) is 12.1 Å². The van der Waals surface area contributed by atoms with Gasteiger partial charge in [-0.3, -0.25) is 4.98 Å². The third kappa shape index (κ3) is 4.06. The monoisotopic (exact) mass is 495 g/mol. The predicted octanol–water partition coefficient (Wildman–Crippen LogP) is 6.83. The zero-order valence-corrected chi connectivity index (χ0v) is 19.9. The molecule has 1 aliphatic rings. The molecule has 166 valence electrons. The molecule has 0 unspecified atom stereocenters. The molecule has 2 aromatic carbocycles. The summed E-state index contributed by atoms with van der Waals surface area (Å²) in [4.78, 5) is 6.60. The molecule has 1 N–H and O–H groups in total. The van der Waals surface area contributed by atoms with Crippen molar-refractivity contribution in [2.24, 2.45) is 0 Å². The fraction of sp³-hybridized carbons (Fsp3) is 0.120. The Morgan fingerprint density at radius 2 is 1.88 bits per heavy atom. The largest absolute Gasteiger partial charge is 0.497 e. The first-order valence-corrected chi connectivity index (χ1v) is 11.4. The van der Waals surface area contributed by atoms with E-state index in [2.05, 4.69) is 10.3 Å². The predicted molar refractivity (Wildman–Crippen MR) is 135 cm³/mol. The van der Waals surface area contributed by atoms with E-state index < -0.39 is 0 Å². The molecule has 0 saturated carbocycles. The Morgan fingerprint density at radius 3 is 2.67 bits per heavy atom. The van der Waals surface area contributed by atoms with Gasteiger partial charge in [-0.1, -0.05) is 41.4 Å². The fourth-order valence-corrected chi connectivity index (χ4v) is 4.77. The highest BCUT2D eigenvalue weighted by Crippen LogP contribution is 2.44. The summed E-state index contributed by atoms with van der Waals surface area (Å²) in [6, 6.07) is 22.4. The summed E-state index contributed by atoms with van der Waals surface area (Å²) in [6.07, 6.45) is 1.77. The summed E-state index contributed by atoms with van der Waals surface area (Å²) in [6.45, 7) is 0. The maximum absolute atomic E-state index is 6.44. The molecule has 0 bridgehead atoms. The molecule has 0 radical (unpaired) electrons. The second-order valence-corrected chi connectivity index (χ2v) is 8.67. The Hall–Kier alpha value is -3.06. The molecular weight excluding hydrogens is 477 g/mol. The molecule has 1 saturated heterocycles. The second-order valence-electron chi connectivity index (χ2n) is 7.50. The SMILES string of the molecule is COc1cccc(N2C(=S)N[C@H](c3ccccn3)[C@H]2c2ccc(-c3cccc(Cl)c3Cl)o2)c1. The van der Waals surface area contributed by atoms with Crippen LogP contribution in [-0.2, 0) is 0 Å². The number of methoxy groups -OCH3 is 1. The first-order valence-electron chi connectivity index (χ1n) is 10.3. The highest BCUT2D eigenvalue weighted by atomic mass is 35.5. The van der Waals surface area contributed by atoms with Crippen LogP contribution in [0.2, 0.25) is 10.0 Å². The Balaban J connectivity index is 1.62. The number of rotatable bonds is 5. The molecule has 5 rings (SSSR count). The topological polar surface area (TPSA) is 50.5 Å². The molecule has 33 heavy (non-hydrogen) atoms. The number of furan rings is 1. The zero-order valence-electron chi connectivity index (χ0n) is 17.5. The molecule has 2 aromatic heterocycles. The summed E-state index contributed by atoms with van der Waals surface area (Å²) < 4.78 is 11.8. The van der Waals surface area contributed by atoms with Crippen molar-refractivity contribution in [3.63, 3.8) is 0 Å². The van der Waals surface area contributed by atoms with E-state index in [0.29, 0.717) is 26.7 Å². The van der Waals surface area contributed by atoms with Crippen LogP contribution >= 0.6 is 35.4 Å². The molecule has 0 amide bonds. The third-order valence-corrected chi connectivity index (χ3v) is 6.70. The van der Waals surface area contributed by atoms with Crippen LogP contribution in [0, 0.1) is 0 Å². The second kappa shape index (κ2) is 9.06. The number of thiocarbonyl (C=S) groups is 1. The van der Waals surface area contributed by atoms with Crippen molar-refractivity contribution in [2.75, 3.05) is 12.0 Å². The van der Waals surface area contributed by atoms with Gasteiger partial charge in [-0.05, 0) is 60.7 Å². The van der Waals surface area contributed by atoms with Gasteiger partial charge in [-0.15, -0.1) is 0 Å². The standard InChI is InChI=1S/C25H19Cl2N3O2S/c1-31-16-7-4-6-15(14-16)30-24(23(29-25(30)33)19-10-2-3-13-28-19)21-12-11-20(32-21)17-8-5-9-18(26)22(17)27/h2-14,23-24H,1H3,(H,29,33)/t23-,24-/m1/s1. The smallest absolute Gasteiger partial charge is 0.174 e. The molecule has 3 heterocycles. The van der Waals surface area contributed by atoms with Gasteiger partial charge in [0.05, 0.1) is 28.9 Å². The minimum Gasteiger partial charge on any atom is -0.497 e. The minimum atomic E-state index is -0.286. The summed E-state index contributed by atoms with van der Waals surface area (Å²) in [5.41, 5.74) is 2.47. The molecule has 5 nitrogen and oxygen atoms in total. The van der Waals surface area contributed by atoms with E-state index in [1.165, 1.54) is 0 Å². The van der Waals surface area contributed by atoms with Crippen LogP contribution in [0.1, 0.15) is 23.5 Å². The number of nitrogens with zero attached hydrogens (tertiary/aromatic N) is 2. The molecule has 2 atom stereocenters. The van der Waals surface area contributed by atoms with E-state index in [4.69, 9.17) is 44.6 Å². The first kappa shape index (κ1) is 21.8. The maximum atomic E-state index is 6.44. The van der Waals surface area contributed by atoms with Gasteiger partial charge in [0.25, 0.3) is 0 Å². The Morgan fingerprint density at radius 1 is 1.03 bits per heavy atom. The van der Waals surface area contributed by atoms with Gasteiger partial charge in [0.1, 0.15) is 23.3 Å². The van der Waals surface area contributed by atoms with Crippen LogP contribution in [0.3, 0.4) is 0 Å². The van der Waals surface area contributed by atoms with Gasteiger partial charge >= 0.3 is 0 Å².